The van der Waals surface area contributed by atoms with E-state index in [2.05, 4.69) is 10.3 Å². The third kappa shape index (κ3) is 5.45. The molecule has 0 aliphatic heterocycles. The Bertz CT molecular complexity index is 643. The van der Waals surface area contributed by atoms with Gasteiger partial charge in [-0.25, -0.2) is 4.98 Å². The molecule has 3 N–H and O–H groups in total. The lowest BCUT2D eigenvalue weighted by Gasteiger charge is -2.26. The van der Waals surface area contributed by atoms with Crippen molar-refractivity contribution in [1.82, 2.24) is 10.3 Å². The standard InChI is InChI=1S/C17H23N3OS.2ClH/c1-4-17(18,5-2)11-19-15(21)14-12(3)20-16(22-14)13-9-7-6-8-10-13;;/h6-10H,4-5,11,18H2,1-3H3,(H,19,21);2*1H. The number of rotatable bonds is 6. The van der Waals surface area contributed by atoms with E-state index >= 15 is 0 Å². The summed E-state index contributed by atoms with van der Waals surface area (Å²) in [4.78, 5) is 17.6. The van der Waals surface area contributed by atoms with Crippen molar-refractivity contribution in [1.29, 1.82) is 0 Å². The summed E-state index contributed by atoms with van der Waals surface area (Å²) in [5.41, 5.74) is 7.69. The maximum Gasteiger partial charge on any atom is 0.263 e. The molecule has 0 bridgehead atoms. The summed E-state index contributed by atoms with van der Waals surface area (Å²) in [5.74, 6) is -0.0890. The molecular formula is C17H25Cl2N3OS. The molecule has 0 fully saturated rings. The van der Waals surface area contributed by atoms with Crippen LogP contribution in [-0.4, -0.2) is 23.0 Å². The molecule has 1 heterocycles. The molecule has 0 unspecified atom stereocenters. The van der Waals surface area contributed by atoms with Crippen LogP contribution in [0.2, 0.25) is 0 Å². The van der Waals surface area contributed by atoms with E-state index in [1.54, 1.807) is 0 Å². The summed E-state index contributed by atoms with van der Waals surface area (Å²) < 4.78 is 0. The molecule has 134 valence electrons. The summed E-state index contributed by atoms with van der Waals surface area (Å²) in [6.07, 6.45) is 1.67. The predicted molar refractivity (Wildman–Crippen MR) is 107 cm³/mol. The maximum atomic E-state index is 12.4. The van der Waals surface area contributed by atoms with Crippen molar-refractivity contribution in [2.75, 3.05) is 6.54 Å². The van der Waals surface area contributed by atoms with Crippen molar-refractivity contribution in [3.63, 3.8) is 0 Å². The molecule has 0 aliphatic carbocycles. The zero-order valence-electron chi connectivity index (χ0n) is 14.2. The molecule has 0 saturated heterocycles. The van der Waals surface area contributed by atoms with E-state index in [0.29, 0.717) is 11.4 Å². The zero-order valence-corrected chi connectivity index (χ0v) is 16.6. The average molecular weight is 390 g/mol. The molecule has 24 heavy (non-hydrogen) atoms. The Morgan fingerprint density at radius 2 is 1.79 bits per heavy atom. The molecule has 1 aromatic heterocycles. The number of hydrogen-bond donors (Lipinski definition) is 2. The van der Waals surface area contributed by atoms with Crippen LogP contribution in [0.15, 0.2) is 30.3 Å². The first-order valence-corrected chi connectivity index (χ1v) is 8.40. The third-order valence-corrected chi connectivity index (χ3v) is 5.24. The summed E-state index contributed by atoms with van der Waals surface area (Å²) in [6, 6.07) is 9.90. The maximum absolute atomic E-state index is 12.4. The van der Waals surface area contributed by atoms with Gasteiger partial charge < -0.3 is 11.1 Å². The van der Waals surface area contributed by atoms with Gasteiger partial charge in [-0.05, 0) is 19.8 Å². The number of aromatic nitrogens is 1. The molecule has 2 aromatic rings. The van der Waals surface area contributed by atoms with Crippen molar-refractivity contribution < 1.29 is 4.79 Å². The molecule has 0 radical (unpaired) electrons. The van der Waals surface area contributed by atoms with Crippen LogP contribution < -0.4 is 11.1 Å². The number of thiazole rings is 1. The quantitative estimate of drug-likeness (QED) is 0.777. The van der Waals surface area contributed by atoms with Gasteiger partial charge in [-0.2, -0.15) is 0 Å². The second-order valence-corrected chi connectivity index (χ2v) is 6.55. The highest BCUT2D eigenvalue weighted by molar-refractivity contribution is 7.17. The first-order chi connectivity index (χ1) is 10.5. The molecule has 0 aliphatic rings. The first-order valence-electron chi connectivity index (χ1n) is 7.59. The highest BCUT2D eigenvalue weighted by Crippen LogP contribution is 2.27. The van der Waals surface area contributed by atoms with Gasteiger partial charge >= 0.3 is 0 Å². The number of carbonyl (C=O) groups excluding carboxylic acids is 1. The number of aryl methyl sites for hydroxylation is 1. The highest BCUT2D eigenvalue weighted by Gasteiger charge is 2.23. The smallest absolute Gasteiger partial charge is 0.263 e. The summed E-state index contributed by atoms with van der Waals surface area (Å²) in [5, 5.41) is 3.82. The Morgan fingerprint density at radius 3 is 2.33 bits per heavy atom. The fourth-order valence-electron chi connectivity index (χ4n) is 2.15. The van der Waals surface area contributed by atoms with Crippen molar-refractivity contribution in [3.05, 3.63) is 40.9 Å². The van der Waals surface area contributed by atoms with E-state index in [9.17, 15) is 4.79 Å². The molecule has 7 heteroatoms. The molecule has 0 atom stereocenters. The van der Waals surface area contributed by atoms with Crippen LogP contribution in [-0.2, 0) is 0 Å². The fraction of sp³-hybridized carbons (Fsp3) is 0.412. The highest BCUT2D eigenvalue weighted by atomic mass is 35.5. The molecule has 2 rings (SSSR count). The van der Waals surface area contributed by atoms with E-state index in [-0.39, 0.29) is 36.3 Å². The summed E-state index contributed by atoms with van der Waals surface area (Å²) in [6.45, 7) is 6.44. The largest absolute Gasteiger partial charge is 0.349 e. The minimum atomic E-state index is -0.337. The van der Waals surface area contributed by atoms with Crippen LogP contribution in [0.4, 0.5) is 0 Å². The Labute approximate surface area is 160 Å². The fourth-order valence-corrected chi connectivity index (χ4v) is 3.14. The lowest BCUT2D eigenvalue weighted by molar-refractivity contribution is 0.0945. The number of amides is 1. The predicted octanol–water partition coefficient (Wildman–Crippen LogP) is 4.21. The van der Waals surface area contributed by atoms with E-state index in [4.69, 9.17) is 5.73 Å². The Hall–Kier alpha value is -1.14. The SMILES string of the molecule is CCC(N)(CC)CNC(=O)c1sc(-c2ccccc2)nc1C.Cl.Cl. The summed E-state index contributed by atoms with van der Waals surface area (Å²) >= 11 is 1.42. The van der Waals surface area contributed by atoms with Crippen molar-refractivity contribution >= 4 is 42.1 Å². The van der Waals surface area contributed by atoms with Gasteiger partial charge in [0.25, 0.3) is 5.91 Å². The van der Waals surface area contributed by atoms with Gasteiger partial charge in [-0.3, -0.25) is 4.79 Å². The van der Waals surface area contributed by atoms with Gasteiger partial charge in [0.05, 0.1) is 5.69 Å². The molecule has 1 aromatic carbocycles. The number of nitrogens with one attached hydrogen (secondary N) is 1. The second kappa shape index (κ2) is 9.99. The van der Waals surface area contributed by atoms with Crippen LogP contribution in [0, 0.1) is 6.92 Å². The van der Waals surface area contributed by atoms with Gasteiger partial charge in [0.15, 0.2) is 0 Å². The van der Waals surface area contributed by atoms with Crippen molar-refractivity contribution in [2.45, 2.75) is 39.2 Å². The van der Waals surface area contributed by atoms with E-state index in [1.165, 1.54) is 11.3 Å². The van der Waals surface area contributed by atoms with E-state index in [1.807, 2.05) is 51.1 Å². The van der Waals surface area contributed by atoms with Gasteiger partial charge in [-0.1, -0.05) is 44.2 Å². The minimum absolute atomic E-state index is 0. The topological polar surface area (TPSA) is 68.0 Å². The minimum Gasteiger partial charge on any atom is -0.349 e. The van der Waals surface area contributed by atoms with Gasteiger partial charge in [0, 0.05) is 17.6 Å². The molecule has 1 amide bonds. The first kappa shape index (κ1) is 22.9. The number of benzene rings is 1. The molecule has 0 spiro atoms. The Morgan fingerprint density at radius 1 is 1.21 bits per heavy atom. The van der Waals surface area contributed by atoms with Crippen LogP contribution in [0.25, 0.3) is 10.6 Å². The number of nitrogens with two attached hydrogens (primary N) is 1. The molecule has 0 saturated carbocycles. The van der Waals surface area contributed by atoms with Crippen molar-refractivity contribution in [2.24, 2.45) is 5.73 Å². The average Bonchev–Trinajstić information content (AvgIpc) is 2.95. The number of nitrogens with zero attached hydrogens (tertiary/aromatic N) is 1. The summed E-state index contributed by atoms with van der Waals surface area (Å²) in [7, 11) is 0. The molecule has 4 nitrogen and oxygen atoms in total. The molecular weight excluding hydrogens is 365 g/mol. The van der Waals surface area contributed by atoms with Crippen LogP contribution in [0.5, 0.6) is 0 Å². The third-order valence-electron chi connectivity index (χ3n) is 4.03. The van der Waals surface area contributed by atoms with Gasteiger partial charge in [0.2, 0.25) is 0 Å². The Balaban J connectivity index is 0.00000264. The van der Waals surface area contributed by atoms with Crippen LogP contribution >= 0.6 is 36.2 Å². The van der Waals surface area contributed by atoms with Gasteiger partial charge in [0.1, 0.15) is 9.88 Å². The number of carbonyl (C=O) groups is 1. The lowest BCUT2D eigenvalue weighted by Crippen LogP contribution is -2.49. The second-order valence-electron chi connectivity index (χ2n) is 5.55. The number of hydrogen-bond acceptors (Lipinski definition) is 4. The number of halogens is 2. The van der Waals surface area contributed by atoms with Gasteiger partial charge in [-0.15, -0.1) is 36.2 Å². The van der Waals surface area contributed by atoms with Crippen molar-refractivity contribution in [3.8, 4) is 10.6 Å². The van der Waals surface area contributed by atoms with E-state index < -0.39 is 0 Å². The lowest BCUT2D eigenvalue weighted by atomic mass is 9.94. The van der Waals surface area contributed by atoms with E-state index in [0.717, 1.165) is 29.1 Å². The van der Waals surface area contributed by atoms with Crippen LogP contribution in [0.3, 0.4) is 0 Å². The zero-order chi connectivity index (χ0) is 16.2. The normalized spacial score (nSPS) is 10.5. The van der Waals surface area contributed by atoms with Crippen LogP contribution in [0.1, 0.15) is 42.1 Å². The Kier molecular flexibility index (Phi) is 9.51. The monoisotopic (exact) mass is 389 g/mol.